The molecule has 0 saturated carbocycles. The smallest absolute Gasteiger partial charge is 0.335 e. The molecule has 10 heteroatoms. The van der Waals surface area contributed by atoms with E-state index in [1.165, 1.54) is 0 Å². The average molecular weight is 570 g/mol. The fourth-order valence-corrected chi connectivity index (χ4v) is 5.16. The van der Waals surface area contributed by atoms with Gasteiger partial charge in [-0.05, 0) is 72.9 Å². The maximum Gasteiger partial charge on any atom is 0.335 e. The second kappa shape index (κ2) is 11.1. The van der Waals surface area contributed by atoms with E-state index in [1.54, 1.807) is 37.6 Å². The third-order valence-electron chi connectivity index (χ3n) is 6.97. The highest BCUT2D eigenvalue weighted by molar-refractivity contribution is 7.80. The van der Waals surface area contributed by atoms with Crippen molar-refractivity contribution < 1.29 is 19.4 Å². The average Bonchev–Trinajstić information content (AvgIpc) is 3.57. The summed E-state index contributed by atoms with van der Waals surface area (Å²) in [4.78, 5) is 30.7. The summed E-state index contributed by atoms with van der Waals surface area (Å²) >= 11 is 5.89. The summed E-state index contributed by atoms with van der Waals surface area (Å²) in [5, 5.41) is 16.3. The van der Waals surface area contributed by atoms with Gasteiger partial charge in [0.25, 0.3) is 0 Å². The van der Waals surface area contributed by atoms with Crippen LogP contribution in [-0.4, -0.2) is 38.8 Å². The van der Waals surface area contributed by atoms with E-state index in [-0.39, 0.29) is 23.6 Å². The molecule has 2 aromatic carbocycles. The summed E-state index contributed by atoms with van der Waals surface area (Å²) in [6.45, 7) is 5.55. The van der Waals surface area contributed by atoms with Crippen LogP contribution >= 0.6 is 12.2 Å². The van der Waals surface area contributed by atoms with Gasteiger partial charge in [0.05, 0.1) is 30.1 Å². The SMILES string of the molecule is COc1cc(N2C(=S)N[C@@H](c3ccccn3)[C@@H]2c2cccn2-c2ccc(C(=O)O)cc2)ccc1NC(=O)C(C)(C)C. The van der Waals surface area contributed by atoms with Crippen LogP contribution in [0.5, 0.6) is 5.75 Å². The van der Waals surface area contributed by atoms with Crippen molar-refractivity contribution in [3.05, 3.63) is 102 Å². The van der Waals surface area contributed by atoms with Crippen LogP contribution in [0.2, 0.25) is 0 Å². The Morgan fingerprint density at radius 3 is 2.39 bits per heavy atom. The minimum Gasteiger partial charge on any atom is -0.494 e. The normalized spacial score (nSPS) is 16.8. The number of hydrogen-bond acceptors (Lipinski definition) is 5. The van der Waals surface area contributed by atoms with Crippen LogP contribution in [0, 0.1) is 5.41 Å². The van der Waals surface area contributed by atoms with Gasteiger partial charge in [0.2, 0.25) is 5.91 Å². The molecule has 0 bridgehead atoms. The zero-order valence-corrected chi connectivity index (χ0v) is 24.0. The number of aromatic nitrogens is 2. The maximum absolute atomic E-state index is 12.7. The first-order valence-electron chi connectivity index (χ1n) is 13.1. The molecule has 41 heavy (non-hydrogen) atoms. The number of carboxylic acids is 1. The Kier molecular flexibility index (Phi) is 7.51. The summed E-state index contributed by atoms with van der Waals surface area (Å²) in [5.41, 5.74) is 3.52. The molecule has 5 rings (SSSR count). The number of carbonyl (C=O) groups excluding carboxylic acids is 1. The monoisotopic (exact) mass is 569 g/mol. The van der Waals surface area contributed by atoms with Gasteiger partial charge in [-0.15, -0.1) is 0 Å². The van der Waals surface area contributed by atoms with Crippen LogP contribution in [0.25, 0.3) is 5.69 Å². The molecule has 0 radical (unpaired) electrons. The highest BCUT2D eigenvalue weighted by atomic mass is 32.1. The molecule has 4 aromatic rings. The number of thiocarbonyl (C=S) groups is 1. The molecular weight excluding hydrogens is 538 g/mol. The van der Waals surface area contributed by atoms with Gasteiger partial charge >= 0.3 is 5.97 Å². The highest BCUT2D eigenvalue weighted by Crippen LogP contribution is 2.44. The zero-order valence-electron chi connectivity index (χ0n) is 23.2. The Morgan fingerprint density at radius 2 is 1.76 bits per heavy atom. The molecule has 0 aliphatic carbocycles. The molecule has 1 fully saturated rings. The number of carbonyl (C=O) groups is 2. The lowest BCUT2D eigenvalue weighted by Gasteiger charge is -2.29. The lowest BCUT2D eigenvalue weighted by atomic mass is 9.95. The quantitative estimate of drug-likeness (QED) is 0.242. The Bertz CT molecular complexity index is 1590. The number of nitrogens with zero attached hydrogens (tertiary/aromatic N) is 3. The molecule has 2 atom stereocenters. The molecule has 210 valence electrons. The number of ether oxygens (including phenoxy) is 1. The van der Waals surface area contributed by atoms with E-state index < -0.39 is 11.4 Å². The molecule has 1 saturated heterocycles. The number of benzene rings is 2. The van der Waals surface area contributed by atoms with Gasteiger partial charge in [-0.1, -0.05) is 26.8 Å². The van der Waals surface area contributed by atoms with Crippen LogP contribution in [0.1, 0.15) is 54.6 Å². The number of hydrogen-bond donors (Lipinski definition) is 3. The zero-order chi connectivity index (χ0) is 29.3. The number of pyridine rings is 1. The van der Waals surface area contributed by atoms with E-state index in [9.17, 15) is 14.7 Å². The van der Waals surface area contributed by atoms with E-state index in [1.807, 2.05) is 85.0 Å². The van der Waals surface area contributed by atoms with Gasteiger partial charge in [-0.2, -0.15) is 0 Å². The van der Waals surface area contributed by atoms with E-state index in [2.05, 4.69) is 15.6 Å². The van der Waals surface area contributed by atoms with Crippen molar-refractivity contribution in [3.63, 3.8) is 0 Å². The lowest BCUT2D eigenvalue weighted by molar-refractivity contribution is -0.123. The number of rotatable bonds is 7. The van der Waals surface area contributed by atoms with Crippen LogP contribution < -0.4 is 20.3 Å². The number of amides is 1. The fraction of sp³-hybridized carbons (Fsp3) is 0.226. The third-order valence-corrected chi connectivity index (χ3v) is 7.28. The molecule has 1 aliphatic rings. The number of methoxy groups -OCH3 is 1. The second-order valence-corrected chi connectivity index (χ2v) is 11.1. The van der Waals surface area contributed by atoms with Crippen LogP contribution in [0.4, 0.5) is 11.4 Å². The Morgan fingerprint density at radius 1 is 1.02 bits per heavy atom. The summed E-state index contributed by atoms with van der Waals surface area (Å²) in [6.07, 6.45) is 3.69. The van der Waals surface area contributed by atoms with E-state index in [4.69, 9.17) is 17.0 Å². The van der Waals surface area contributed by atoms with Gasteiger partial charge in [-0.3, -0.25) is 9.78 Å². The number of nitrogens with one attached hydrogen (secondary N) is 2. The number of carboxylic acid groups (broad SMARTS) is 1. The predicted octanol–water partition coefficient (Wildman–Crippen LogP) is 5.74. The van der Waals surface area contributed by atoms with Crippen LogP contribution in [-0.2, 0) is 4.79 Å². The van der Waals surface area contributed by atoms with E-state index in [0.717, 1.165) is 22.8 Å². The number of aromatic carboxylic acids is 1. The minimum atomic E-state index is -0.980. The van der Waals surface area contributed by atoms with Crippen molar-refractivity contribution >= 4 is 40.6 Å². The number of anilines is 2. The summed E-state index contributed by atoms with van der Waals surface area (Å²) in [7, 11) is 1.56. The molecule has 3 N–H and O–H groups in total. The largest absolute Gasteiger partial charge is 0.494 e. The van der Waals surface area contributed by atoms with Gasteiger partial charge in [0, 0.05) is 40.9 Å². The molecule has 0 spiro atoms. The molecule has 2 aromatic heterocycles. The highest BCUT2D eigenvalue weighted by Gasteiger charge is 2.42. The molecule has 1 amide bonds. The molecular formula is C31H31N5O4S. The van der Waals surface area contributed by atoms with Gasteiger partial charge in [-0.25, -0.2) is 4.79 Å². The van der Waals surface area contributed by atoms with Crippen molar-refractivity contribution in [1.29, 1.82) is 0 Å². The van der Waals surface area contributed by atoms with Crippen molar-refractivity contribution in [1.82, 2.24) is 14.9 Å². The van der Waals surface area contributed by atoms with E-state index >= 15 is 0 Å². The summed E-state index contributed by atoms with van der Waals surface area (Å²) < 4.78 is 7.70. The maximum atomic E-state index is 12.7. The molecule has 3 heterocycles. The fourth-order valence-electron chi connectivity index (χ4n) is 4.81. The van der Waals surface area contributed by atoms with Crippen molar-refractivity contribution in [2.45, 2.75) is 32.9 Å². The third kappa shape index (κ3) is 5.51. The van der Waals surface area contributed by atoms with Gasteiger partial charge in [0.15, 0.2) is 5.11 Å². The first-order valence-corrected chi connectivity index (χ1v) is 13.5. The Hall–Kier alpha value is -4.70. The van der Waals surface area contributed by atoms with Crippen LogP contribution in [0.15, 0.2) is 85.2 Å². The van der Waals surface area contributed by atoms with Crippen molar-refractivity contribution in [2.75, 3.05) is 17.3 Å². The topological polar surface area (TPSA) is 109 Å². The van der Waals surface area contributed by atoms with Gasteiger partial charge < -0.3 is 29.9 Å². The second-order valence-electron chi connectivity index (χ2n) is 10.7. The van der Waals surface area contributed by atoms with Crippen molar-refractivity contribution in [2.24, 2.45) is 5.41 Å². The first-order chi connectivity index (χ1) is 19.6. The standard InChI is InChI=1S/C31H31N5O4S/c1-31(2,3)29(39)33-22-15-14-21(18-25(22)40-4)36-27(26(34-30(36)41)23-8-5-6-16-32-23)24-9-7-17-35(24)20-12-10-19(11-13-20)28(37)38/h5-18,26-27H,1-4H3,(H,33,39)(H,34,41)(H,37,38)/t26-,27-/m0/s1. The van der Waals surface area contributed by atoms with E-state index in [0.29, 0.717) is 16.5 Å². The summed E-state index contributed by atoms with van der Waals surface area (Å²) in [6, 6.07) is 21.4. The molecule has 1 aliphatic heterocycles. The van der Waals surface area contributed by atoms with Crippen molar-refractivity contribution in [3.8, 4) is 11.4 Å². The first kappa shape index (κ1) is 27.9. The Labute approximate surface area is 243 Å². The lowest BCUT2D eigenvalue weighted by Crippen LogP contribution is -2.30. The minimum absolute atomic E-state index is 0.123. The predicted molar refractivity (Wildman–Crippen MR) is 162 cm³/mol. The van der Waals surface area contributed by atoms with Gasteiger partial charge in [0.1, 0.15) is 11.8 Å². The Balaban J connectivity index is 1.60. The summed E-state index contributed by atoms with van der Waals surface area (Å²) in [5.74, 6) is -0.601. The molecule has 9 nitrogen and oxygen atoms in total. The van der Waals surface area contributed by atoms with Crippen LogP contribution in [0.3, 0.4) is 0 Å². The molecule has 0 unspecified atom stereocenters.